The predicted octanol–water partition coefficient (Wildman–Crippen LogP) is 3.87. The fourth-order valence-electron chi connectivity index (χ4n) is 2.80. The number of hydrogen-bond donors (Lipinski definition) is 1. The molecule has 19 heavy (non-hydrogen) atoms. The molecule has 0 aliphatic rings. The number of aromatic nitrogens is 2. The molecule has 1 atom stereocenters. The summed E-state index contributed by atoms with van der Waals surface area (Å²) in [5, 5.41) is 8.39. The monoisotopic (exact) mass is 265 g/mol. The number of unbranched alkanes of at least 4 members (excludes halogenated alkanes) is 2. The van der Waals surface area contributed by atoms with Crippen molar-refractivity contribution in [2.24, 2.45) is 0 Å². The summed E-state index contributed by atoms with van der Waals surface area (Å²) >= 11 is 0. The molecular weight excluding hydrogens is 234 g/mol. The Labute approximate surface area is 118 Å². The van der Waals surface area contributed by atoms with Gasteiger partial charge in [0.2, 0.25) is 0 Å². The SMILES string of the molecule is CCCCCn1nc(CC)c(C(C)NCC)c1CC. The van der Waals surface area contributed by atoms with Crippen molar-refractivity contribution in [2.45, 2.75) is 79.3 Å². The van der Waals surface area contributed by atoms with Gasteiger partial charge in [-0.3, -0.25) is 4.68 Å². The Hall–Kier alpha value is -0.830. The van der Waals surface area contributed by atoms with Crippen molar-refractivity contribution < 1.29 is 0 Å². The lowest BCUT2D eigenvalue weighted by molar-refractivity contribution is 0.528. The van der Waals surface area contributed by atoms with Gasteiger partial charge in [0.1, 0.15) is 0 Å². The van der Waals surface area contributed by atoms with E-state index in [0.717, 1.165) is 25.9 Å². The van der Waals surface area contributed by atoms with Gasteiger partial charge in [-0.2, -0.15) is 5.10 Å². The molecule has 1 aromatic heterocycles. The topological polar surface area (TPSA) is 29.9 Å². The lowest BCUT2D eigenvalue weighted by Crippen LogP contribution is -2.20. The van der Waals surface area contributed by atoms with E-state index in [1.165, 1.54) is 36.2 Å². The molecule has 0 aliphatic carbocycles. The van der Waals surface area contributed by atoms with Crippen molar-refractivity contribution in [2.75, 3.05) is 6.54 Å². The minimum Gasteiger partial charge on any atom is -0.310 e. The van der Waals surface area contributed by atoms with Crippen LogP contribution in [0.25, 0.3) is 0 Å². The highest BCUT2D eigenvalue weighted by atomic mass is 15.3. The van der Waals surface area contributed by atoms with Crippen molar-refractivity contribution in [1.29, 1.82) is 0 Å². The highest BCUT2D eigenvalue weighted by molar-refractivity contribution is 5.30. The molecule has 1 heterocycles. The zero-order valence-corrected chi connectivity index (χ0v) is 13.4. The molecule has 0 aliphatic heterocycles. The molecule has 0 radical (unpaired) electrons. The fourth-order valence-corrected chi connectivity index (χ4v) is 2.80. The predicted molar refractivity (Wildman–Crippen MR) is 82.6 cm³/mol. The van der Waals surface area contributed by atoms with Crippen molar-refractivity contribution in [3.05, 3.63) is 17.0 Å². The summed E-state index contributed by atoms with van der Waals surface area (Å²) in [6, 6.07) is 0.412. The number of hydrogen-bond acceptors (Lipinski definition) is 2. The Morgan fingerprint density at radius 1 is 1.11 bits per heavy atom. The first-order valence-electron chi connectivity index (χ1n) is 8.01. The molecule has 0 saturated heterocycles. The molecule has 0 spiro atoms. The summed E-state index contributed by atoms with van der Waals surface area (Å²) in [5.74, 6) is 0. The third-order valence-electron chi connectivity index (χ3n) is 3.76. The molecule has 0 saturated carbocycles. The van der Waals surface area contributed by atoms with Gasteiger partial charge in [-0.1, -0.05) is 40.5 Å². The van der Waals surface area contributed by atoms with E-state index in [4.69, 9.17) is 5.10 Å². The smallest absolute Gasteiger partial charge is 0.0672 e. The molecule has 1 rings (SSSR count). The molecule has 110 valence electrons. The molecule has 1 unspecified atom stereocenters. The van der Waals surface area contributed by atoms with E-state index >= 15 is 0 Å². The van der Waals surface area contributed by atoms with Crippen LogP contribution in [0.5, 0.6) is 0 Å². The van der Waals surface area contributed by atoms with Crippen LogP contribution in [0, 0.1) is 0 Å². The van der Waals surface area contributed by atoms with Gasteiger partial charge < -0.3 is 5.32 Å². The van der Waals surface area contributed by atoms with Gasteiger partial charge in [-0.05, 0) is 32.7 Å². The Bertz CT molecular complexity index is 368. The summed E-state index contributed by atoms with van der Waals surface area (Å²) in [6.45, 7) is 13.2. The highest BCUT2D eigenvalue weighted by Gasteiger charge is 2.19. The zero-order chi connectivity index (χ0) is 14.3. The van der Waals surface area contributed by atoms with Crippen molar-refractivity contribution in [1.82, 2.24) is 15.1 Å². The average molecular weight is 265 g/mol. The van der Waals surface area contributed by atoms with Crippen LogP contribution in [-0.4, -0.2) is 16.3 Å². The number of aryl methyl sites for hydroxylation is 2. The van der Waals surface area contributed by atoms with Gasteiger partial charge in [-0.25, -0.2) is 0 Å². The fraction of sp³-hybridized carbons (Fsp3) is 0.812. The maximum atomic E-state index is 4.85. The van der Waals surface area contributed by atoms with Crippen LogP contribution in [0.15, 0.2) is 0 Å². The quantitative estimate of drug-likeness (QED) is 0.687. The minimum atomic E-state index is 0.412. The van der Waals surface area contributed by atoms with E-state index in [-0.39, 0.29) is 0 Å². The maximum Gasteiger partial charge on any atom is 0.0672 e. The standard InChI is InChI=1S/C16H31N3/c1-6-10-11-12-19-15(8-3)16(13(5)17-9-4)14(7-2)18-19/h13,17H,6-12H2,1-5H3. The molecule has 3 heteroatoms. The number of nitrogens with one attached hydrogen (secondary N) is 1. The van der Waals surface area contributed by atoms with Crippen LogP contribution in [0.4, 0.5) is 0 Å². The van der Waals surface area contributed by atoms with Gasteiger partial charge in [0.25, 0.3) is 0 Å². The largest absolute Gasteiger partial charge is 0.310 e. The number of nitrogens with zero attached hydrogens (tertiary/aromatic N) is 2. The first-order chi connectivity index (χ1) is 9.19. The molecule has 1 N–H and O–H groups in total. The third kappa shape index (κ3) is 4.07. The van der Waals surface area contributed by atoms with E-state index in [1.807, 2.05) is 0 Å². The van der Waals surface area contributed by atoms with Gasteiger partial charge in [0.15, 0.2) is 0 Å². The third-order valence-corrected chi connectivity index (χ3v) is 3.76. The van der Waals surface area contributed by atoms with Crippen LogP contribution < -0.4 is 5.32 Å². The summed E-state index contributed by atoms with van der Waals surface area (Å²) in [7, 11) is 0. The zero-order valence-electron chi connectivity index (χ0n) is 13.4. The van der Waals surface area contributed by atoms with Crippen LogP contribution >= 0.6 is 0 Å². The second-order valence-corrected chi connectivity index (χ2v) is 5.22. The van der Waals surface area contributed by atoms with E-state index in [1.54, 1.807) is 0 Å². The van der Waals surface area contributed by atoms with Crippen LogP contribution in [-0.2, 0) is 19.4 Å². The lowest BCUT2D eigenvalue weighted by atomic mass is 10.0. The van der Waals surface area contributed by atoms with E-state index in [9.17, 15) is 0 Å². The molecule has 1 aromatic rings. The second-order valence-electron chi connectivity index (χ2n) is 5.22. The first-order valence-corrected chi connectivity index (χ1v) is 8.01. The van der Waals surface area contributed by atoms with Crippen LogP contribution in [0.3, 0.4) is 0 Å². The molecule has 0 aromatic carbocycles. The second kappa shape index (κ2) is 8.36. The highest BCUT2D eigenvalue weighted by Crippen LogP contribution is 2.24. The van der Waals surface area contributed by atoms with Crippen LogP contribution in [0.2, 0.25) is 0 Å². The summed E-state index contributed by atoms with van der Waals surface area (Å²) < 4.78 is 2.26. The van der Waals surface area contributed by atoms with Crippen molar-refractivity contribution in [3.8, 4) is 0 Å². The van der Waals surface area contributed by atoms with Gasteiger partial charge in [0, 0.05) is 23.8 Å². The molecule has 0 bridgehead atoms. The average Bonchev–Trinajstić information content (AvgIpc) is 2.77. The Morgan fingerprint density at radius 3 is 2.37 bits per heavy atom. The Kier molecular flexibility index (Phi) is 7.14. The van der Waals surface area contributed by atoms with Crippen LogP contribution in [0.1, 0.15) is 76.9 Å². The maximum absolute atomic E-state index is 4.85. The Morgan fingerprint density at radius 2 is 1.84 bits per heavy atom. The Balaban J connectivity index is 2.99. The van der Waals surface area contributed by atoms with Gasteiger partial charge >= 0.3 is 0 Å². The summed E-state index contributed by atoms with van der Waals surface area (Å²) in [4.78, 5) is 0. The van der Waals surface area contributed by atoms with Crippen molar-refractivity contribution in [3.63, 3.8) is 0 Å². The summed E-state index contributed by atoms with van der Waals surface area (Å²) in [5.41, 5.74) is 4.16. The van der Waals surface area contributed by atoms with E-state index < -0.39 is 0 Å². The number of rotatable bonds is 9. The van der Waals surface area contributed by atoms with Gasteiger partial charge in [0.05, 0.1) is 5.69 Å². The molecule has 0 amide bonds. The molecular formula is C16H31N3. The molecule has 3 nitrogen and oxygen atoms in total. The van der Waals surface area contributed by atoms with Gasteiger partial charge in [-0.15, -0.1) is 0 Å². The molecule has 0 fully saturated rings. The first kappa shape index (κ1) is 16.2. The van der Waals surface area contributed by atoms with E-state index in [2.05, 4.69) is 44.6 Å². The van der Waals surface area contributed by atoms with Crippen molar-refractivity contribution >= 4 is 0 Å². The van der Waals surface area contributed by atoms with E-state index in [0.29, 0.717) is 6.04 Å². The lowest BCUT2D eigenvalue weighted by Gasteiger charge is -2.15. The normalized spacial score (nSPS) is 12.9. The summed E-state index contributed by atoms with van der Waals surface area (Å²) in [6.07, 6.45) is 5.90. The minimum absolute atomic E-state index is 0.412.